The van der Waals surface area contributed by atoms with Crippen LogP contribution in [0, 0.1) is 12.7 Å². The highest BCUT2D eigenvalue weighted by Gasteiger charge is 2.19. The molecule has 0 bridgehead atoms. The average molecular weight is 276 g/mol. The van der Waals surface area contributed by atoms with Crippen molar-refractivity contribution in [2.24, 2.45) is 5.84 Å². The number of rotatable bonds is 5. The number of nitrogens with one attached hydrogen (secondary N) is 1. The van der Waals surface area contributed by atoms with Gasteiger partial charge in [-0.25, -0.2) is 9.82 Å². The zero-order valence-electron chi connectivity index (χ0n) is 12.2. The van der Waals surface area contributed by atoms with Gasteiger partial charge in [-0.15, -0.1) is 0 Å². The summed E-state index contributed by atoms with van der Waals surface area (Å²) in [6.07, 6.45) is 0.861. The van der Waals surface area contributed by atoms with Gasteiger partial charge >= 0.3 is 0 Å². The van der Waals surface area contributed by atoms with Gasteiger partial charge in [0, 0.05) is 6.54 Å². The maximum atomic E-state index is 13.8. The molecule has 2 rings (SSSR count). The molecule has 0 spiro atoms. The summed E-state index contributed by atoms with van der Waals surface area (Å²) in [7, 11) is 0. The van der Waals surface area contributed by atoms with Gasteiger partial charge in [-0.05, 0) is 43.5 Å². The Hall–Kier alpha value is -1.72. The van der Waals surface area contributed by atoms with E-state index in [1.807, 2.05) is 23.7 Å². The van der Waals surface area contributed by atoms with E-state index in [1.54, 1.807) is 13.0 Å². The van der Waals surface area contributed by atoms with Crippen LogP contribution in [0.2, 0.25) is 0 Å². The fraction of sp³-hybridized carbons (Fsp3) is 0.400. The van der Waals surface area contributed by atoms with Crippen molar-refractivity contribution in [2.75, 3.05) is 0 Å². The predicted octanol–water partition coefficient (Wildman–Crippen LogP) is 2.47. The van der Waals surface area contributed by atoms with E-state index in [0.29, 0.717) is 5.56 Å². The minimum absolute atomic E-state index is 0.221. The van der Waals surface area contributed by atoms with E-state index < -0.39 is 0 Å². The molecule has 5 heteroatoms. The van der Waals surface area contributed by atoms with E-state index >= 15 is 0 Å². The lowest BCUT2D eigenvalue weighted by Gasteiger charge is -2.18. The van der Waals surface area contributed by atoms with Crippen LogP contribution in [-0.4, -0.2) is 9.78 Å². The third kappa shape index (κ3) is 2.73. The summed E-state index contributed by atoms with van der Waals surface area (Å²) in [4.78, 5) is 0. The molecule has 0 amide bonds. The summed E-state index contributed by atoms with van der Waals surface area (Å²) in [6.45, 7) is 6.58. The van der Waals surface area contributed by atoms with Crippen LogP contribution in [0.4, 0.5) is 4.39 Å². The van der Waals surface area contributed by atoms with Gasteiger partial charge in [-0.2, -0.15) is 5.10 Å². The average Bonchev–Trinajstić information content (AvgIpc) is 2.87. The first-order valence-corrected chi connectivity index (χ1v) is 6.89. The molecule has 0 aliphatic carbocycles. The van der Waals surface area contributed by atoms with Crippen molar-refractivity contribution in [2.45, 2.75) is 39.8 Å². The normalized spacial score (nSPS) is 12.7. The topological polar surface area (TPSA) is 55.9 Å². The summed E-state index contributed by atoms with van der Waals surface area (Å²) in [6, 6.07) is 6.94. The molecule has 108 valence electrons. The number of aryl methyl sites for hydroxylation is 3. The molecule has 1 aromatic heterocycles. The van der Waals surface area contributed by atoms with Crippen LogP contribution in [-0.2, 0) is 13.0 Å². The molecule has 0 saturated heterocycles. The van der Waals surface area contributed by atoms with Crippen molar-refractivity contribution in [3.63, 3.8) is 0 Å². The van der Waals surface area contributed by atoms with Gasteiger partial charge in [0.1, 0.15) is 5.82 Å². The molecule has 0 saturated carbocycles. The van der Waals surface area contributed by atoms with Crippen LogP contribution < -0.4 is 11.3 Å². The molecule has 0 aliphatic rings. The van der Waals surface area contributed by atoms with Gasteiger partial charge in [0.15, 0.2) is 0 Å². The van der Waals surface area contributed by atoms with Crippen LogP contribution in [0.25, 0.3) is 0 Å². The first kappa shape index (κ1) is 14.7. The second kappa shape index (κ2) is 6.15. The van der Waals surface area contributed by atoms with E-state index in [-0.39, 0.29) is 11.9 Å². The Bertz CT molecular complexity index is 592. The fourth-order valence-corrected chi connectivity index (χ4v) is 2.29. The first-order valence-electron chi connectivity index (χ1n) is 6.89. The van der Waals surface area contributed by atoms with Crippen molar-refractivity contribution >= 4 is 0 Å². The fourth-order valence-electron chi connectivity index (χ4n) is 2.29. The Morgan fingerprint density at radius 1 is 1.35 bits per heavy atom. The van der Waals surface area contributed by atoms with Gasteiger partial charge in [-0.1, -0.05) is 19.1 Å². The van der Waals surface area contributed by atoms with Crippen molar-refractivity contribution in [1.82, 2.24) is 15.2 Å². The Kier molecular flexibility index (Phi) is 4.52. The van der Waals surface area contributed by atoms with Crippen molar-refractivity contribution in [3.05, 3.63) is 52.6 Å². The quantitative estimate of drug-likeness (QED) is 0.651. The monoisotopic (exact) mass is 276 g/mol. The van der Waals surface area contributed by atoms with E-state index in [2.05, 4.69) is 17.4 Å². The first-order chi connectivity index (χ1) is 9.60. The Balaban J connectivity index is 2.45. The molecule has 20 heavy (non-hydrogen) atoms. The second-order valence-corrected chi connectivity index (χ2v) is 4.84. The zero-order chi connectivity index (χ0) is 14.7. The van der Waals surface area contributed by atoms with Crippen LogP contribution >= 0.6 is 0 Å². The Morgan fingerprint density at radius 3 is 2.65 bits per heavy atom. The lowest BCUT2D eigenvalue weighted by Crippen LogP contribution is -2.30. The Morgan fingerprint density at radius 2 is 2.10 bits per heavy atom. The molecule has 0 aliphatic heterocycles. The summed E-state index contributed by atoms with van der Waals surface area (Å²) >= 11 is 0. The molecule has 1 atom stereocenters. The standard InChI is InChI=1S/C15H21FN4/c1-4-12-9-14(20(5-2)19-12)15(18-17)11-7-6-10(3)13(16)8-11/h6-9,15,18H,4-5,17H2,1-3H3. The number of hydrogen-bond acceptors (Lipinski definition) is 3. The summed E-state index contributed by atoms with van der Waals surface area (Å²) in [5, 5.41) is 4.51. The SMILES string of the molecule is CCc1cc(C(NN)c2ccc(C)c(F)c2)n(CC)n1. The third-order valence-electron chi connectivity index (χ3n) is 3.52. The minimum atomic E-state index is -0.266. The van der Waals surface area contributed by atoms with Crippen molar-refractivity contribution < 1.29 is 4.39 Å². The number of hydrazine groups is 1. The number of aromatic nitrogens is 2. The van der Waals surface area contributed by atoms with Crippen LogP contribution in [0.15, 0.2) is 24.3 Å². The van der Waals surface area contributed by atoms with Gasteiger partial charge in [0.2, 0.25) is 0 Å². The molecule has 1 unspecified atom stereocenters. The molecule has 3 N–H and O–H groups in total. The molecular weight excluding hydrogens is 255 g/mol. The van der Waals surface area contributed by atoms with E-state index in [1.165, 1.54) is 6.07 Å². The Labute approximate surface area is 118 Å². The van der Waals surface area contributed by atoms with Crippen LogP contribution in [0.5, 0.6) is 0 Å². The molecule has 2 aromatic rings. The van der Waals surface area contributed by atoms with Gasteiger partial charge in [0.05, 0.1) is 17.4 Å². The molecular formula is C15H21FN4. The highest BCUT2D eigenvalue weighted by atomic mass is 19.1. The van der Waals surface area contributed by atoms with Gasteiger partial charge in [-0.3, -0.25) is 10.5 Å². The van der Waals surface area contributed by atoms with Gasteiger partial charge < -0.3 is 0 Å². The van der Waals surface area contributed by atoms with Gasteiger partial charge in [0.25, 0.3) is 0 Å². The predicted molar refractivity (Wildman–Crippen MR) is 77.6 cm³/mol. The van der Waals surface area contributed by atoms with Crippen molar-refractivity contribution in [3.8, 4) is 0 Å². The smallest absolute Gasteiger partial charge is 0.126 e. The maximum absolute atomic E-state index is 13.8. The highest BCUT2D eigenvalue weighted by molar-refractivity contribution is 5.32. The summed E-state index contributed by atoms with van der Waals surface area (Å²) in [5.41, 5.74) is 6.16. The van der Waals surface area contributed by atoms with E-state index in [4.69, 9.17) is 5.84 Å². The van der Waals surface area contributed by atoms with E-state index in [9.17, 15) is 4.39 Å². The molecule has 1 heterocycles. The van der Waals surface area contributed by atoms with Crippen LogP contribution in [0.3, 0.4) is 0 Å². The zero-order valence-corrected chi connectivity index (χ0v) is 12.2. The van der Waals surface area contributed by atoms with Crippen LogP contribution in [0.1, 0.15) is 42.4 Å². The third-order valence-corrected chi connectivity index (χ3v) is 3.52. The number of benzene rings is 1. The minimum Gasteiger partial charge on any atom is -0.271 e. The summed E-state index contributed by atoms with van der Waals surface area (Å²) in [5.74, 6) is 5.46. The lowest BCUT2D eigenvalue weighted by molar-refractivity contribution is 0.537. The van der Waals surface area contributed by atoms with E-state index in [0.717, 1.165) is 29.9 Å². The summed E-state index contributed by atoms with van der Waals surface area (Å²) < 4.78 is 15.7. The van der Waals surface area contributed by atoms with Crippen molar-refractivity contribution in [1.29, 1.82) is 0 Å². The maximum Gasteiger partial charge on any atom is 0.126 e. The number of nitrogens with zero attached hydrogens (tertiary/aromatic N) is 2. The highest BCUT2D eigenvalue weighted by Crippen LogP contribution is 2.24. The molecule has 1 aromatic carbocycles. The molecule has 0 radical (unpaired) electrons. The number of nitrogens with two attached hydrogens (primary N) is 1. The largest absolute Gasteiger partial charge is 0.271 e. The number of hydrogen-bond donors (Lipinski definition) is 2. The lowest BCUT2D eigenvalue weighted by atomic mass is 10.0. The number of halogens is 1. The molecule has 4 nitrogen and oxygen atoms in total. The molecule has 0 fully saturated rings. The second-order valence-electron chi connectivity index (χ2n) is 4.84.